The topological polar surface area (TPSA) is 17.6 Å². The van der Waals surface area contributed by atoms with Crippen molar-refractivity contribution in [1.82, 2.24) is 9.13 Å². The van der Waals surface area contributed by atoms with Crippen molar-refractivity contribution in [3.63, 3.8) is 0 Å². The van der Waals surface area contributed by atoms with Crippen molar-refractivity contribution >= 4 is 0 Å². The summed E-state index contributed by atoms with van der Waals surface area (Å²) in [6.07, 6.45) is 11.4. The summed E-state index contributed by atoms with van der Waals surface area (Å²) in [6, 6.07) is 0. The van der Waals surface area contributed by atoms with Gasteiger partial charge in [-0.25, -0.2) is 0 Å². The normalized spacial score (nSPS) is 6.76. The van der Waals surface area contributed by atoms with E-state index in [4.69, 9.17) is 0 Å². The van der Waals surface area contributed by atoms with Crippen LogP contribution in [-0.2, 0) is 79.5 Å². The van der Waals surface area contributed by atoms with Gasteiger partial charge in [0, 0.05) is 77.8 Å². The van der Waals surface area contributed by atoms with Gasteiger partial charge in [0.1, 0.15) is 12.7 Å². The SMILES string of the molecule is CC.CC.[CH2-][n+]1ccn(C)c1.[CH2-][n+]1ccn(C)c1.[CH3-].[Y].[Y]. The van der Waals surface area contributed by atoms with Crippen molar-refractivity contribution in [3.8, 4) is 0 Å². The van der Waals surface area contributed by atoms with Gasteiger partial charge in [0.05, 0.1) is 26.5 Å². The predicted molar refractivity (Wildman–Crippen MR) is 81.8 cm³/mol. The Morgan fingerprint density at radius 3 is 1.00 bits per heavy atom. The summed E-state index contributed by atoms with van der Waals surface area (Å²) in [5.41, 5.74) is 0. The van der Waals surface area contributed by atoms with Crippen LogP contribution in [0.2, 0.25) is 0 Å². The molecule has 0 amide bonds. The molecule has 0 aromatic carbocycles. The van der Waals surface area contributed by atoms with E-state index in [2.05, 4.69) is 14.1 Å². The molecule has 0 atom stereocenters. The zero-order valence-electron chi connectivity index (χ0n) is 14.8. The molecule has 0 aliphatic carbocycles. The first-order valence-corrected chi connectivity index (χ1v) is 6.26. The average Bonchev–Trinajstić information content (AvgIpc) is 2.93. The standard InChI is InChI=1S/2C5H8N2.2C2H6.CH3.2Y/c2*1-6-3-4-7(2)5-6;2*1-2;;;/h2*3-5H,1H2,2H3;2*1-2H3;1H3;;/q;;;;-1;;. The second-order valence-electron chi connectivity index (χ2n) is 3.19. The third-order valence-electron chi connectivity index (χ3n) is 1.65. The van der Waals surface area contributed by atoms with Gasteiger partial charge in [0.15, 0.2) is 0 Å². The first kappa shape index (κ1) is 33.1. The van der Waals surface area contributed by atoms with Gasteiger partial charge in [-0.05, 0) is 14.1 Å². The molecule has 4 nitrogen and oxygen atoms in total. The zero-order valence-corrected chi connectivity index (χ0v) is 20.5. The van der Waals surface area contributed by atoms with Crippen LogP contribution in [0, 0.1) is 21.5 Å². The summed E-state index contributed by atoms with van der Waals surface area (Å²) in [6.45, 7) is 8.00. The van der Waals surface area contributed by atoms with Crippen LogP contribution in [-0.4, -0.2) is 9.13 Å². The van der Waals surface area contributed by atoms with E-state index < -0.39 is 0 Å². The zero-order chi connectivity index (χ0) is 14.6. The van der Waals surface area contributed by atoms with Gasteiger partial charge < -0.3 is 25.7 Å². The quantitative estimate of drug-likeness (QED) is 0.438. The van der Waals surface area contributed by atoms with Crippen molar-refractivity contribution in [2.75, 3.05) is 0 Å². The van der Waals surface area contributed by atoms with E-state index in [0.717, 1.165) is 0 Å². The Labute approximate surface area is 182 Å². The van der Waals surface area contributed by atoms with E-state index in [9.17, 15) is 0 Å². The van der Waals surface area contributed by atoms with Gasteiger partial charge in [-0.2, -0.15) is 0 Å². The molecule has 0 saturated carbocycles. The van der Waals surface area contributed by atoms with E-state index in [-0.39, 0.29) is 72.8 Å². The molecule has 2 radical (unpaired) electrons. The predicted octanol–water partition coefficient (Wildman–Crippen LogP) is 2.40. The molecule has 2 heterocycles. The molecule has 0 N–H and O–H groups in total. The van der Waals surface area contributed by atoms with Crippen LogP contribution in [0.3, 0.4) is 0 Å². The second-order valence-corrected chi connectivity index (χ2v) is 3.19. The van der Waals surface area contributed by atoms with E-state index in [1.165, 1.54) is 0 Å². The van der Waals surface area contributed by atoms with Crippen molar-refractivity contribution < 1.29 is 74.6 Å². The monoisotopic (exact) mass is 445 g/mol. The van der Waals surface area contributed by atoms with Gasteiger partial charge in [0.2, 0.25) is 0 Å². The van der Waals surface area contributed by atoms with Crippen LogP contribution in [0.4, 0.5) is 0 Å². The maximum Gasteiger partial charge on any atom is 0.141 e. The molecule has 0 aliphatic rings. The van der Waals surface area contributed by atoms with Gasteiger partial charge in [-0.3, -0.25) is 0 Å². The molecule has 0 unspecified atom stereocenters. The van der Waals surface area contributed by atoms with Crippen LogP contribution < -0.4 is 9.13 Å². The Balaban J connectivity index is -0.0000000589. The molecule has 118 valence electrons. The molecule has 6 heteroatoms. The molecular weight excluding hydrogens is 414 g/mol. The van der Waals surface area contributed by atoms with Crippen LogP contribution in [0.1, 0.15) is 27.7 Å². The number of aromatic nitrogens is 4. The maximum absolute atomic E-state index is 3.64. The Bertz CT molecular complexity index is 327. The van der Waals surface area contributed by atoms with Crippen LogP contribution >= 0.6 is 0 Å². The summed E-state index contributed by atoms with van der Waals surface area (Å²) in [4.78, 5) is 0. The first-order chi connectivity index (χ1) is 8.58. The van der Waals surface area contributed by atoms with Gasteiger partial charge in [-0.1, -0.05) is 27.7 Å². The minimum atomic E-state index is 0. The average molecular weight is 445 g/mol. The summed E-state index contributed by atoms with van der Waals surface area (Å²) in [5, 5.41) is 0. The van der Waals surface area contributed by atoms with Crippen LogP contribution in [0.5, 0.6) is 0 Å². The van der Waals surface area contributed by atoms with Gasteiger partial charge >= 0.3 is 0 Å². The Morgan fingerprint density at radius 2 is 0.952 bits per heavy atom. The maximum atomic E-state index is 3.64. The number of hydrogen-bond donors (Lipinski definition) is 0. The number of imidazole rings is 2. The summed E-state index contributed by atoms with van der Waals surface area (Å²) >= 11 is 0. The molecule has 2 aromatic rings. The molecular formula is C15H31N4Y2-. The first-order valence-electron chi connectivity index (χ1n) is 6.26. The van der Waals surface area contributed by atoms with E-state index in [1.807, 2.05) is 88.4 Å². The second kappa shape index (κ2) is 22.6. The molecule has 0 aliphatic heterocycles. The molecule has 0 fully saturated rings. The Hall–Kier alpha value is 0.368. The van der Waals surface area contributed by atoms with E-state index in [0.29, 0.717) is 0 Å². The smallest absolute Gasteiger partial charge is 0.141 e. The number of aryl methyl sites for hydroxylation is 2. The van der Waals surface area contributed by atoms with Gasteiger partial charge in [-0.15, -0.1) is 0 Å². The fraction of sp³-hybridized carbons (Fsp3) is 0.400. The fourth-order valence-electron chi connectivity index (χ4n) is 1.00. The largest absolute Gasteiger partial charge is 0.374 e. The summed E-state index contributed by atoms with van der Waals surface area (Å²) < 4.78 is 7.38. The minimum absolute atomic E-state index is 0. The van der Waals surface area contributed by atoms with Crippen LogP contribution in [0.15, 0.2) is 37.4 Å². The Morgan fingerprint density at radius 1 is 0.714 bits per heavy atom. The molecule has 0 saturated heterocycles. The van der Waals surface area contributed by atoms with Crippen molar-refractivity contribution in [2.45, 2.75) is 27.7 Å². The van der Waals surface area contributed by atoms with Crippen molar-refractivity contribution in [1.29, 1.82) is 0 Å². The minimum Gasteiger partial charge on any atom is -0.374 e. The van der Waals surface area contributed by atoms with Crippen molar-refractivity contribution in [2.24, 2.45) is 14.1 Å². The Kier molecular flexibility index (Phi) is 35.7. The molecule has 21 heavy (non-hydrogen) atoms. The number of nitrogens with zero attached hydrogens (tertiary/aromatic N) is 4. The van der Waals surface area contributed by atoms with Gasteiger partial charge in [0.25, 0.3) is 0 Å². The fourth-order valence-corrected chi connectivity index (χ4v) is 1.00. The molecule has 2 aromatic heterocycles. The van der Waals surface area contributed by atoms with Crippen LogP contribution in [0.25, 0.3) is 0 Å². The summed E-state index contributed by atoms with van der Waals surface area (Å²) in [5.74, 6) is 0. The van der Waals surface area contributed by atoms with E-state index in [1.54, 1.807) is 9.13 Å². The molecule has 0 bridgehead atoms. The third kappa shape index (κ3) is 20.4. The molecule has 2 rings (SSSR count). The third-order valence-corrected chi connectivity index (χ3v) is 1.65. The van der Waals surface area contributed by atoms with Crippen molar-refractivity contribution in [3.05, 3.63) is 59.0 Å². The molecule has 0 spiro atoms. The number of hydrogen-bond acceptors (Lipinski definition) is 0. The number of rotatable bonds is 0. The van der Waals surface area contributed by atoms with E-state index >= 15 is 0 Å². The summed E-state index contributed by atoms with van der Waals surface area (Å²) in [7, 11) is 11.2.